The molecule has 1 aromatic carbocycles. The van der Waals surface area contributed by atoms with Crippen molar-refractivity contribution < 1.29 is 19.4 Å². The lowest BCUT2D eigenvalue weighted by atomic mass is 10.2. The van der Waals surface area contributed by atoms with Crippen LogP contribution >= 0.6 is 0 Å². The number of rotatable bonds is 6. The number of carbonyl (C=O) groups excluding carboxylic acids is 1. The Hall–Kier alpha value is -2.24. The Bertz CT molecular complexity index is 460. The molecule has 6 heteroatoms. The number of anilines is 1. The maximum atomic E-state index is 11.7. The monoisotopic (exact) mass is 266 g/mol. The van der Waals surface area contributed by atoms with Gasteiger partial charge in [-0.25, -0.2) is 4.79 Å². The van der Waals surface area contributed by atoms with Gasteiger partial charge in [0.05, 0.1) is 12.8 Å². The maximum Gasteiger partial charge on any atom is 0.319 e. The molecule has 0 saturated heterocycles. The van der Waals surface area contributed by atoms with Gasteiger partial charge in [-0.05, 0) is 25.0 Å². The first-order valence-electron chi connectivity index (χ1n) is 5.95. The number of para-hydroxylation sites is 1. The van der Waals surface area contributed by atoms with E-state index in [0.29, 0.717) is 24.4 Å². The molecule has 0 aromatic heterocycles. The maximum absolute atomic E-state index is 11.7. The Morgan fingerprint density at radius 2 is 2.11 bits per heavy atom. The largest absolute Gasteiger partial charge is 0.495 e. The smallest absolute Gasteiger partial charge is 0.319 e. The first kappa shape index (κ1) is 14.8. The first-order chi connectivity index (χ1) is 9.04. The molecule has 0 spiro atoms. The van der Waals surface area contributed by atoms with E-state index in [-0.39, 0.29) is 12.5 Å². The molecular weight excluding hydrogens is 248 g/mol. The van der Waals surface area contributed by atoms with Crippen molar-refractivity contribution in [3.63, 3.8) is 0 Å². The van der Waals surface area contributed by atoms with Crippen molar-refractivity contribution in [2.75, 3.05) is 19.0 Å². The van der Waals surface area contributed by atoms with Gasteiger partial charge in [0, 0.05) is 13.0 Å². The number of benzene rings is 1. The van der Waals surface area contributed by atoms with Gasteiger partial charge < -0.3 is 20.5 Å². The second kappa shape index (κ2) is 7.25. The standard InChI is InChI=1S/C13H18N2O4/c1-9-5-3-6-10(19-2)12(9)15-13(18)14-8-4-7-11(16)17/h3,5-6H,4,7-8H2,1-2H3,(H,16,17)(H2,14,15,18). The molecule has 0 aliphatic heterocycles. The van der Waals surface area contributed by atoms with Crippen molar-refractivity contribution in [1.82, 2.24) is 5.32 Å². The Kier molecular flexibility index (Phi) is 5.66. The molecule has 0 atom stereocenters. The molecule has 0 saturated carbocycles. The van der Waals surface area contributed by atoms with Crippen LogP contribution in [0.4, 0.5) is 10.5 Å². The molecule has 0 aliphatic rings. The Balaban J connectivity index is 2.50. The average molecular weight is 266 g/mol. The van der Waals surface area contributed by atoms with E-state index >= 15 is 0 Å². The van der Waals surface area contributed by atoms with Crippen LogP contribution in [-0.2, 0) is 4.79 Å². The highest BCUT2D eigenvalue weighted by Crippen LogP contribution is 2.27. The van der Waals surface area contributed by atoms with Crippen LogP contribution in [0, 0.1) is 6.92 Å². The van der Waals surface area contributed by atoms with E-state index in [1.165, 1.54) is 7.11 Å². The summed E-state index contributed by atoms with van der Waals surface area (Å²) in [6, 6.07) is 5.08. The van der Waals surface area contributed by atoms with Gasteiger partial charge in [0.2, 0.25) is 0 Å². The van der Waals surface area contributed by atoms with Crippen LogP contribution in [0.3, 0.4) is 0 Å². The number of hydrogen-bond donors (Lipinski definition) is 3. The molecule has 2 amide bonds. The minimum Gasteiger partial charge on any atom is -0.495 e. The highest BCUT2D eigenvalue weighted by molar-refractivity contribution is 5.91. The summed E-state index contributed by atoms with van der Waals surface area (Å²) in [7, 11) is 1.53. The van der Waals surface area contributed by atoms with Crippen molar-refractivity contribution in [3.8, 4) is 5.75 Å². The number of ether oxygens (including phenoxy) is 1. The zero-order chi connectivity index (χ0) is 14.3. The highest BCUT2D eigenvalue weighted by Gasteiger charge is 2.09. The summed E-state index contributed by atoms with van der Waals surface area (Å²) < 4.78 is 5.16. The molecule has 0 fully saturated rings. The van der Waals surface area contributed by atoms with Gasteiger partial charge in [-0.15, -0.1) is 0 Å². The molecule has 3 N–H and O–H groups in total. The summed E-state index contributed by atoms with van der Waals surface area (Å²) in [4.78, 5) is 22.0. The number of aryl methyl sites for hydroxylation is 1. The van der Waals surface area contributed by atoms with E-state index < -0.39 is 5.97 Å². The van der Waals surface area contributed by atoms with Gasteiger partial charge in [0.25, 0.3) is 0 Å². The summed E-state index contributed by atoms with van der Waals surface area (Å²) in [6.07, 6.45) is 0.432. The number of aliphatic carboxylic acids is 1. The predicted octanol–water partition coefficient (Wildman–Crippen LogP) is 1.99. The topological polar surface area (TPSA) is 87.7 Å². The zero-order valence-corrected chi connectivity index (χ0v) is 11.0. The lowest BCUT2D eigenvalue weighted by molar-refractivity contribution is -0.137. The Morgan fingerprint density at radius 3 is 2.74 bits per heavy atom. The lowest BCUT2D eigenvalue weighted by Gasteiger charge is -2.13. The number of amides is 2. The van der Waals surface area contributed by atoms with Crippen LogP contribution < -0.4 is 15.4 Å². The Morgan fingerprint density at radius 1 is 1.37 bits per heavy atom. The lowest BCUT2D eigenvalue weighted by Crippen LogP contribution is -2.30. The predicted molar refractivity (Wildman–Crippen MR) is 71.6 cm³/mol. The van der Waals surface area contributed by atoms with Gasteiger partial charge in [0.1, 0.15) is 5.75 Å². The number of carboxylic acids is 1. The van der Waals surface area contributed by atoms with Crippen molar-refractivity contribution in [2.45, 2.75) is 19.8 Å². The summed E-state index contributed by atoms with van der Waals surface area (Å²) in [6.45, 7) is 2.18. The van der Waals surface area contributed by atoms with Gasteiger partial charge >= 0.3 is 12.0 Å². The molecule has 0 heterocycles. The third-order valence-electron chi connectivity index (χ3n) is 2.55. The van der Waals surface area contributed by atoms with Gasteiger partial charge in [0.15, 0.2) is 0 Å². The quantitative estimate of drug-likeness (QED) is 0.687. The van der Waals surface area contributed by atoms with Crippen molar-refractivity contribution in [1.29, 1.82) is 0 Å². The van der Waals surface area contributed by atoms with E-state index in [1.54, 1.807) is 6.07 Å². The number of hydrogen-bond acceptors (Lipinski definition) is 3. The summed E-state index contributed by atoms with van der Waals surface area (Å²) in [5, 5.41) is 13.8. The third-order valence-corrected chi connectivity index (χ3v) is 2.55. The van der Waals surface area contributed by atoms with Crippen molar-refractivity contribution in [3.05, 3.63) is 23.8 Å². The van der Waals surface area contributed by atoms with E-state index in [2.05, 4.69) is 10.6 Å². The molecule has 6 nitrogen and oxygen atoms in total. The fourth-order valence-electron chi connectivity index (χ4n) is 1.57. The van der Waals surface area contributed by atoms with Gasteiger partial charge in [-0.2, -0.15) is 0 Å². The summed E-state index contributed by atoms with van der Waals surface area (Å²) in [5.74, 6) is -0.288. The van der Waals surface area contributed by atoms with Crippen molar-refractivity contribution in [2.24, 2.45) is 0 Å². The normalized spacial score (nSPS) is 9.79. The molecule has 0 aliphatic carbocycles. The second-order valence-electron chi connectivity index (χ2n) is 4.03. The van der Waals surface area contributed by atoms with Crippen LogP contribution in [-0.4, -0.2) is 30.8 Å². The molecule has 0 bridgehead atoms. The summed E-state index contributed by atoms with van der Waals surface area (Å²) >= 11 is 0. The fourth-order valence-corrected chi connectivity index (χ4v) is 1.57. The average Bonchev–Trinajstić information content (AvgIpc) is 2.37. The van der Waals surface area contributed by atoms with Crippen LogP contribution in [0.1, 0.15) is 18.4 Å². The van der Waals surface area contributed by atoms with Crippen molar-refractivity contribution >= 4 is 17.7 Å². The van der Waals surface area contributed by atoms with E-state index in [4.69, 9.17) is 9.84 Å². The van der Waals surface area contributed by atoms with Crippen LogP contribution in [0.5, 0.6) is 5.75 Å². The number of carbonyl (C=O) groups is 2. The molecule has 104 valence electrons. The molecule has 0 radical (unpaired) electrons. The third kappa shape index (κ3) is 4.87. The SMILES string of the molecule is COc1cccc(C)c1NC(=O)NCCCC(=O)O. The number of urea groups is 1. The second-order valence-corrected chi connectivity index (χ2v) is 4.03. The van der Waals surface area contributed by atoms with E-state index in [0.717, 1.165) is 5.56 Å². The zero-order valence-electron chi connectivity index (χ0n) is 11.0. The van der Waals surface area contributed by atoms with Gasteiger partial charge in [-0.1, -0.05) is 12.1 Å². The number of methoxy groups -OCH3 is 1. The van der Waals surface area contributed by atoms with Crippen LogP contribution in [0.25, 0.3) is 0 Å². The molecule has 1 rings (SSSR count). The minimum absolute atomic E-state index is 0.0357. The molecule has 0 unspecified atom stereocenters. The highest BCUT2D eigenvalue weighted by atomic mass is 16.5. The molecule has 19 heavy (non-hydrogen) atoms. The fraction of sp³-hybridized carbons (Fsp3) is 0.385. The number of nitrogens with one attached hydrogen (secondary N) is 2. The molecular formula is C13H18N2O4. The van der Waals surface area contributed by atoms with Gasteiger partial charge in [-0.3, -0.25) is 4.79 Å². The van der Waals surface area contributed by atoms with E-state index in [1.807, 2.05) is 19.1 Å². The minimum atomic E-state index is -0.872. The van der Waals surface area contributed by atoms with E-state index in [9.17, 15) is 9.59 Å². The number of carboxylic acid groups (broad SMARTS) is 1. The first-order valence-corrected chi connectivity index (χ1v) is 5.95. The van der Waals surface area contributed by atoms with Crippen LogP contribution in [0.15, 0.2) is 18.2 Å². The van der Waals surface area contributed by atoms with Crippen LogP contribution in [0.2, 0.25) is 0 Å². The molecule has 1 aromatic rings. The Labute approximate surface area is 111 Å². The summed E-state index contributed by atoms with van der Waals surface area (Å²) in [5.41, 5.74) is 1.50.